The lowest BCUT2D eigenvalue weighted by Crippen LogP contribution is -2.61. The molecule has 1 aromatic rings. The summed E-state index contributed by atoms with van der Waals surface area (Å²) in [5, 5.41) is 19.9. The van der Waals surface area contributed by atoms with Crippen LogP contribution in [0.15, 0.2) is 22.8 Å². The molecule has 0 fully saturated rings. The summed E-state index contributed by atoms with van der Waals surface area (Å²) in [4.78, 5) is 33.1. The van der Waals surface area contributed by atoms with Crippen LogP contribution in [0.1, 0.15) is 12.7 Å². The monoisotopic (exact) mass is 241 g/mol. The summed E-state index contributed by atoms with van der Waals surface area (Å²) in [6.07, 6.45) is 0.821. The Kier molecular flexibility index (Phi) is 3.52. The summed E-state index contributed by atoms with van der Waals surface area (Å²) in [5.41, 5.74) is -2.41. The minimum absolute atomic E-state index is 0.156. The lowest BCUT2D eigenvalue weighted by molar-refractivity contribution is -0.161. The summed E-state index contributed by atoms with van der Waals surface area (Å²) in [6.45, 7) is 1.04. The smallest absolute Gasteiger partial charge is 0.341 e. The topological polar surface area (TPSA) is 117 Å². The normalized spacial score (nSPS) is 10.9. The standard InChI is InChI=1S/C10H11NO6/c1-6(12)11-10(8(13)14,9(15)16)5-7-3-2-4-17-7/h2-4H,5H2,1H3,(H,11,12)(H,13,14)(H,15,16). The van der Waals surface area contributed by atoms with Crippen LogP contribution >= 0.6 is 0 Å². The van der Waals surface area contributed by atoms with Gasteiger partial charge in [-0.15, -0.1) is 0 Å². The largest absolute Gasteiger partial charge is 0.479 e. The summed E-state index contributed by atoms with van der Waals surface area (Å²) in [7, 11) is 0. The predicted molar refractivity (Wildman–Crippen MR) is 54.2 cm³/mol. The van der Waals surface area contributed by atoms with Gasteiger partial charge in [-0.1, -0.05) is 0 Å². The number of hydrogen-bond acceptors (Lipinski definition) is 4. The van der Waals surface area contributed by atoms with Crippen LogP contribution in [0.5, 0.6) is 0 Å². The van der Waals surface area contributed by atoms with E-state index in [0.717, 1.165) is 6.92 Å². The molecule has 1 amide bonds. The van der Waals surface area contributed by atoms with Crippen LogP contribution in [0.4, 0.5) is 0 Å². The third kappa shape index (κ3) is 2.63. The molecule has 1 heterocycles. The van der Waals surface area contributed by atoms with Gasteiger partial charge in [0.05, 0.1) is 12.7 Å². The second-order valence-electron chi connectivity index (χ2n) is 3.45. The minimum atomic E-state index is -2.41. The van der Waals surface area contributed by atoms with Crippen molar-refractivity contribution in [2.75, 3.05) is 0 Å². The quantitative estimate of drug-likeness (QED) is 0.618. The van der Waals surface area contributed by atoms with Crippen molar-refractivity contribution in [1.29, 1.82) is 0 Å². The molecule has 92 valence electrons. The zero-order valence-corrected chi connectivity index (χ0v) is 8.97. The molecule has 0 aliphatic rings. The minimum Gasteiger partial charge on any atom is -0.479 e. The van der Waals surface area contributed by atoms with Gasteiger partial charge in [0.15, 0.2) is 0 Å². The highest BCUT2D eigenvalue weighted by Crippen LogP contribution is 2.15. The number of carbonyl (C=O) groups is 3. The Morgan fingerprint density at radius 1 is 1.35 bits per heavy atom. The van der Waals surface area contributed by atoms with E-state index in [1.54, 1.807) is 0 Å². The fraction of sp³-hybridized carbons (Fsp3) is 0.300. The molecule has 0 aliphatic carbocycles. The predicted octanol–water partition coefficient (Wildman–Crippen LogP) is -0.134. The van der Waals surface area contributed by atoms with Gasteiger partial charge in [0.1, 0.15) is 5.76 Å². The molecule has 0 aliphatic heterocycles. The van der Waals surface area contributed by atoms with Crippen LogP contribution in [0.2, 0.25) is 0 Å². The maximum absolute atomic E-state index is 11.1. The molecular weight excluding hydrogens is 230 g/mol. The van der Waals surface area contributed by atoms with Crippen LogP contribution < -0.4 is 5.32 Å². The molecule has 1 aromatic heterocycles. The molecule has 0 aromatic carbocycles. The second-order valence-corrected chi connectivity index (χ2v) is 3.45. The van der Waals surface area contributed by atoms with E-state index in [0.29, 0.717) is 0 Å². The van der Waals surface area contributed by atoms with Crippen LogP contribution in [0, 0.1) is 0 Å². The van der Waals surface area contributed by atoms with E-state index in [2.05, 4.69) is 0 Å². The molecule has 3 N–H and O–H groups in total. The molecule has 0 atom stereocenters. The fourth-order valence-electron chi connectivity index (χ4n) is 1.37. The van der Waals surface area contributed by atoms with Crippen LogP contribution in [0.3, 0.4) is 0 Å². The first-order valence-electron chi connectivity index (χ1n) is 4.66. The Labute approximate surface area is 96.0 Å². The highest BCUT2D eigenvalue weighted by Gasteiger charge is 2.48. The van der Waals surface area contributed by atoms with E-state index < -0.39 is 29.8 Å². The molecule has 7 heteroatoms. The van der Waals surface area contributed by atoms with E-state index in [4.69, 9.17) is 14.6 Å². The highest BCUT2D eigenvalue weighted by atomic mass is 16.4. The van der Waals surface area contributed by atoms with Crippen LogP contribution in [-0.2, 0) is 20.8 Å². The maximum Gasteiger partial charge on any atom is 0.341 e. The van der Waals surface area contributed by atoms with Gasteiger partial charge in [-0.05, 0) is 12.1 Å². The number of carboxylic acid groups (broad SMARTS) is 2. The zero-order chi connectivity index (χ0) is 13.1. The molecule has 0 radical (unpaired) electrons. The number of rotatable bonds is 5. The molecule has 17 heavy (non-hydrogen) atoms. The SMILES string of the molecule is CC(=O)NC(Cc1ccco1)(C(=O)O)C(=O)O. The summed E-state index contributed by atoms with van der Waals surface area (Å²) < 4.78 is 4.89. The summed E-state index contributed by atoms with van der Waals surface area (Å²) >= 11 is 0. The van der Waals surface area contributed by atoms with Crippen LogP contribution in [0.25, 0.3) is 0 Å². The van der Waals surface area contributed by atoms with E-state index in [1.807, 2.05) is 5.32 Å². The van der Waals surface area contributed by atoms with Gasteiger partial charge in [0.25, 0.3) is 0 Å². The van der Waals surface area contributed by atoms with Gasteiger partial charge >= 0.3 is 11.9 Å². The molecule has 0 saturated carbocycles. The molecular formula is C10H11NO6. The average Bonchev–Trinajstić information content (AvgIpc) is 2.67. The fourth-order valence-corrected chi connectivity index (χ4v) is 1.37. The Balaban J connectivity index is 3.10. The van der Waals surface area contributed by atoms with Gasteiger partial charge in [0, 0.05) is 6.92 Å². The summed E-state index contributed by atoms with van der Waals surface area (Å²) in [5.74, 6) is -3.90. The van der Waals surface area contributed by atoms with Gasteiger partial charge in [-0.3, -0.25) is 4.79 Å². The lowest BCUT2D eigenvalue weighted by atomic mass is 9.94. The van der Waals surface area contributed by atoms with Crippen molar-refractivity contribution in [2.45, 2.75) is 18.9 Å². The number of hydrogen-bond donors (Lipinski definition) is 3. The van der Waals surface area contributed by atoms with E-state index >= 15 is 0 Å². The van der Waals surface area contributed by atoms with Crippen molar-refractivity contribution in [2.24, 2.45) is 0 Å². The number of amides is 1. The number of carbonyl (C=O) groups excluding carboxylic acids is 1. The Morgan fingerprint density at radius 2 is 1.94 bits per heavy atom. The lowest BCUT2D eigenvalue weighted by Gasteiger charge is -2.24. The third-order valence-corrected chi connectivity index (χ3v) is 2.14. The van der Waals surface area contributed by atoms with Crippen molar-refractivity contribution < 1.29 is 29.0 Å². The Hall–Kier alpha value is -2.31. The molecule has 0 unspecified atom stereocenters. The second kappa shape index (κ2) is 4.69. The first-order valence-corrected chi connectivity index (χ1v) is 4.66. The summed E-state index contributed by atoms with van der Waals surface area (Å²) in [6, 6.07) is 2.93. The van der Waals surface area contributed by atoms with Crippen molar-refractivity contribution in [3.05, 3.63) is 24.2 Å². The molecule has 0 spiro atoms. The van der Waals surface area contributed by atoms with Crippen molar-refractivity contribution >= 4 is 17.8 Å². The Bertz CT molecular complexity index is 422. The van der Waals surface area contributed by atoms with Gasteiger partial charge < -0.3 is 19.9 Å². The van der Waals surface area contributed by atoms with Crippen molar-refractivity contribution in [1.82, 2.24) is 5.32 Å². The zero-order valence-electron chi connectivity index (χ0n) is 8.97. The van der Waals surface area contributed by atoms with E-state index in [-0.39, 0.29) is 5.76 Å². The number of nitrogens with one attached hydrogen (secondary N) is 1. The van der Waals surface area contributed by atoms with Gasteiger partial charge in [-0.2, -0.15) is 0 Å². The highest BCUT2D eigenvalue weighted by molar-refractivity contribution is 6.06. The number of carboxylic acids is 2. The molecule has 7 nitrogen and oxygen atoms in total. The van der Waals surface area contributed by atoms with Gasteiger partial charge in [0.2, 0.25) is 11.4 Å². The van der Waals surface area contributed by atoms with Crippen molar-refractivity contribution in [3.63, 3.8) is 0 Å². The molecule has 1 rings (SSSR count). The number of aliphatic carboxylic acids is 2. The van der Waals surface area contributed by atoms with Crippen LogP contribution in [-0.4, -0.2) is 33.6 Å². The first kappa shape index (κ1) is 12.8. The molecule has 0 bridgehead atoms. The van der Waals surface area contributed by atoms with E-state index in [9.17, 15) is 14.4 Å². The van der Waals surface area contributed by atoms with E-state index in [1.165, 1.54) is 18.4 Å². The first-order chi connectivity index (χ1) is 7.88. The van der Waals surface area contributed by atoms with Gasteiger partial charge in [-0.25, -0.2) is 9.59 Å². The maximum atomic E-state index is 11.1. The Morgan fingerprint density at radius 3 is 2.29 bits per heavy atom. The molecule has 0 saturated heterocycles. The third-order valence-electron chi connectivity index (χ3n) is 2.14. The average molecular weight is 241 g/mol. The van der Waals surface area contributed by atoms with Crippen molar-refractivity contribution in [3.8, 4) is 0 Å². The number of furan rings is 1.